The summed E-state index contributed by atoms with van der Waals surface area (Å²) >= 11 is 0. The monoisotopic (exact) mass is 569 g/mol. The summed E-state index contributed by atoms with van der Waals surface area (Å²) in [5, 5.41) is 0. The van der Waals surface area contributed by atoms with E-state index in [2.05, 4.69) is 58.2 Å². The first-order valence-corrected chi connectivity index (χ1v) is 15.3. The number of carbonyl (C=O) groups excluding carboxylic acids is 1. The van der Waals surface area contributed by atoms with Crippen molar-refractivity contribution in [1.29, 1.82) is 0 Å². The summed E-state index contributed by atoms with van der Waals surface area (Å²) in [5.74, 6) is 0.0103. The lowest BCUT2D eigenvalue weighted by Crippen LogP contribution is -2.49. The van der Waals surface area contributed by atoms with Crippen LogP contribution >= 0.6 is 0 Å². The van der Waals surface area contributed by atoms with Crippen molar-refractivity contribution in [3.8, 4) is 5.75 Å². The number of nitrogens with zero attached hydrogens (tertiary/aromatic N) is 2. The van der Waals surface area contributed by atoms with Crippen molar-refractivity contribution >= 4 is 15.9 Å². The van der Waals surface area contributed by atoms with Gasteiger partial charge in [0.2, 0.25) is 10.0 Å². The highest BCUT2D eigenvalue weighted by Crippen LogP contribution is 2.30. The lowest BCUT2D eigenvalue weighted by atomic mass is 9.96. The summed E-state index contributed by atoms with van der Waals surface area (Å²) in [6.45, 7) is 2.71. The molecule has 0 aliphatic carbocycles. The van der Waals surface area contributed by atoms with Crippen LogP contribution in [-0.4, -0.2) is 64.0 Å². The van der Waals surface area contributed by atoms with E-state index >= 15 is 0 Å². The van der Waals surface area contributed by atoms with Crippen molar-refractivity contribution < 1.29 is 17.9 Å². The maximum Gasteiger partial charge on any atom is 0.253 e. The summed E-state index contributed by atoms with van der Waals surface area (Å²) < 4.78 is 34.4. The molecule has 0 spiro atoms. The number of amides is 1. The zero-order valence-corrected chi connectivity index (χ0v) is 24.0. The Morgan fingerprint density at radius 2 is 1.37 bits per heavy atom. The topological polar surface area (TPSA) is 79.0 Å². The molecule has 1 aliphatic heterocycles. The van der Waals surface area contributed by atoms with Gasteiger partial charge in [0.25, 0.3) is 5.91 Å². The third kappa shape index (κ3) is 6.85. The van der Waals surface area contributed by atoms with E-state index in [-0.39, 0.29) is 29.1 Å². The number of hydrogen-bond acceptors (Lipinski definition) is 5. The SMILES string of the molecule is COc1ccc(C(=O)N2CCN(C(c3ccccc3)c3ccccc3)CC2)cc1S(=O)(=O)NCCc1ccccc1. The molecule has 7 nitrogen and oxygen atoms in total. The third-order valence-corrected chi connectivity index (χ3v) is 8.93. The number of hydrogen-bond donors (Lipinski definition) is 1. The van der Waals surface area contributed by atoms with Crippen molar-refractivity contribution in [2.24, 2.45) is 0 Å². The lowest BCUT2D eigenvalue weighted by molar-refractivity contribution is 0.0597. The van der Waals surface area contributed by atoms with Crippen LogP contribution in [0.3, 0.4) is 0 Å². The van der Waals surface area contributed by atoms with Crippen LogP contribution in [0.4, 0.5) is 0 Å². The summed E-state index contributed by atoms with van der Waals surface area (Å²) in [7, 11) is -2.47. The molecular formula is C33H35N3O4S. The number of benzene rings is 4. The molecule has 4 aromatic rings. The first-order valence-electron chi connectivity index (χ1n) is 13.8. The number of rotatable bonds is 10. The number of carbonyl (C=O) groups is 1. The Hall–Kier alpha value is -3.98. The Balaban J connectivity index is 1.28. The predicted octanol–water partition coefficient (Wildman–Crippen LogP) is 4.76. The predicted molar refractivity (Wildman–Crippen MR) is 161 cm³/mol. The highest BCUT2D eigenvalue weighted by atomic mass is 32.2. The standard InChI is InChI=1S/C33H35N3O4S/c1-40-30-18-17-29(25-31(30)41(38,39)34-20-19-26-11-5-2-6-12-26)33(37)36-23-21-35(22-24-36)32(27-13-7-3-8-14-27)28-15-9-4-10-16-28/h2-18,25,32,34H,19-24H2,1H3. The van der Waals surface area contributed by atoms with Gasteiger partial charge in [0, 0.05) is 38.3 Å². The van der Waals surface area contributed by atoms with E-state index in [0.29, 0.717) is 38.2 Å². The van der Waals surface area contributed by atoms with Gasteiger partial charge >= 0.3 is 0 Å². The highest BCUT2D eigenvalue weighted by Gasteiger charge is 2.29. The van der Waals surface area contributed by atoms with Crippen molar-refractivity contribution in [3.63, 3.8) is 0 Å². The fraction of sp³-hybridized carbons (Fsp3) is 0.242. The Kier molecular flexibility index (Phi) is 9.14. The average molecular weight is 570 g/mol. The Morgan fingerprint density at radius 1 is 0.805 bits per heavy atom. The number of sulfonamides is 1. The molecule has 0 bridgehead atoms. The second-order valence-corrected chi connectivity index (χ2v) is 11.8. The second-order valence-electron chi connectivity index (χ2n) is 10.1. The van der Waals surface area contributed by atoms with Crippen LogP contribution in [0, 0.1) is 0 Å². The van der Waals surface area contributed by atoms with E-state index < -0.39 is 10.0 Å². The normalized spacial score (nSPS) is 14.2. The molecule has 1 N–H and O–H groups in total. The van der Waals surface area contributed by atoms with E-state index in [9.17, 15) is 13.2 Å². The smallest absolute Gasteiger partial charge is 0.253 e. The number of methoxy groups -OCH3 is 1. The van der Waals surface area contributed by atoms with Crippen LogP contribution in [0.2, 0.25) is 0 Å². The number of ether oxygens (including phenoxy) is 1. The Bertz CT molecular complexity index is 1500. The zero-order chi connectivity index (χ0) is 28.7. The molecule has 212 valence electrons. The van der Waals surface area contributed by atoms with Crippen LogP contribution in [0.15, 0.2) is 114 Å². The summed E-state index contributed by atoms with van der Waals surface area (Å²) in [5.41, 5.74) is 3.78. The molecular weight excluding hydrogens is 534 g/mol. The third-order valence-electron chi connectivity index (χ3n) is 7.45. The number of piperazine rings is 1. The van der Waals surface area contributed by atoms with E-state index in [4.69, 9.17) is 4.74 Å². The average Bonchev–Trinajstić information content (AvgIpc) is 3.02. The van der Waals surface area contributed by atoms with Gasteiger partial charge in [-0.15, -0.1) is 0 Å². The first-order chi connectivity index (χ1) is 20.0. The summed E-state index contributed by atoms with van der Waals surface area (Å²) in [6, 6.07) is 35.2. The molecule has 4 aromatic carbocycles. The van der Waals surface area contributed by atoms with Gasteiger partial charge < -0.3 is 9.64 Å². The second kappa shape index (κ2) is 13.1. The summed E-state index contributed by atoms with van der Waals surface area (Å²) in [4.78, 5) is 17.7. The molecule has 41 heavy (non-hydrogen) atoms. The molecule has 5 rings (SSSR count). The zero-order valence-electron chi connectivity index (χ0n) is 23.1. The van der Waals surface area contributed by atoms with Gasteiger partial charge in [-0.05, 0) is 41.3 Å². The molecule has 0 unspecified atom stereocenters. The highest BCUT2D eigenvalue weighted by molar-refractivity contribution is 7.89. The van der Waals surface area contributed by atoms with Crippen LogP contribution < -0.4 is 9.46 Å². The largest absolute Gasteiger partial charge is 0.495 e. The molecule has 1 aliphatic rings. The minimum atomic E-state index is -3.90. The van der Waals surface area contributed by atoms with Crippen molar-refractivity contribution in [3.05, 3.63) is 131 Å². The fourth-order valence-electron chi connectivity index (χ4n) is 5.32. The first kappa shape index (κ1) is 28.5. The van der Waals surface area contributed by atoms with Crippen LogP contribution in [0.1, 0.15) is 33.1 Å². The molecule has 0 atom stereocenters. The van der Waals surface area contributed by atoms with Crippen LogP contribution in [0.5, 0.6) is 5.75 Å². The van der Waals surface area contributed by atoms with Crippen molar-refractivity contribution in [1.82, 2.24) is 14.5 Å². The van der Waals surface area contributed by atoms with Crippen molar-refractivity contribution in [2.75, 3.05) is 39.8 Å². The molecule has 1 heterocycles. The fourth-order valence-corrected chi connectivity index (χ4v) is 6.55. The Morgan fingerprint density at radius 3 is 1.93 bits per heavy atom. The van der Waals surface area contributed by atoms with Crippen LogP contribution in [-0.2, 0) is 16.4 Å². The van der Waals surface area contributed by atoms with E-state index in [0.717, 1.165) is 5.56 Å². The van der Waals surface area contributed by atoms with Gasteiger partial charge in [0.15, 0.2) is 0 Å². The minimum absolute atomic E-state index is 0.0363. The van der Waals surface area contributed by atoms with E-state index in [1.807, 2.05) is 42.5 Å². The molecule has 1 fully saturated rings. The summed E-state index contributed by atoms with van der Waals surface area (Å²) in [6.07, 6.45) is 0.554. The van der Waals surface area contributed by atoms with Gasteiger partial charge in [0.05, 0.1) is 13.2 Å². The maximum atomic E-state index is 13.5. The molecule has 0 saturated carbocycles. The lowest BCUT2D eigenvalue weighted by Gasteiger charge is -2.39. The molecule has 0 aromatic heterocycles. The van der Waals surface area contributed by atoms with Crippen molar-refractivity contribution in [2.45, 2.75) is 17.4 Å². The van der Waals surface area contributed by atoms with Gasteiger partial charge in [-0.25, -0.2) is 13.1 Å². The van der Waals surface area contributed by atoms with Gasteiger partial charge in [-0.3, -0.25) is 9.69 Å². The maximum absolute atomic E-state index is 13.5. The van der Waals surface area contributed by atoms with Crippen LogP contribution in [0.25, 0.3) is 0 Å². The van der Waals surface area contributed by atoms with Gasteiger partial charge in [-0.2, -0.15) is 0 Å². The van der Waals surface area contributed by atoms with Gasteiger partial charge in [0.1, 0.15) is 10.6 Å². The number of nitrogens with one attached hydrogen (secondary N) is 1. The quantitative estimate of drug-likeness (QED) is 0.298. The van der Waals surface area contributed by atoms with E-state index in [1.165, 1.54) is 24.3 Å². The van der Waals surface area contributed by atoms with Gasteiger partial charge in [-0.1, -0.05) is 91.0 Å². The molecule has 1 saturated heterocycles. The Labute approximate surface area is 242 Å². The molecule has 8 heteroatoms. The minimum Gasteiger partial charge on any atom is -0.495 e. The molecule has 1 amide bonds. The molecule has 0 radical (unpaired) electrons. The van der Waals surface area contributed by atoms with E-state index in [1.54, 1.807) is 17.0 Å².